The van der Waals surface area contributed by atoms with Gasteiger partial charge in [-0.2, -0.15) is 0 Å². The molecule has 0 atom stereocenters. The van der Waals surface area contributed by atoms with Crippen molar-refractivity contribution < 1.29 is 9.53 Å². The van der Waals surface area contributed by atoms with Crippen molar-refractivity contribution in [3.05, 3.63) is 23.2 Å². The number of nitrogen functional groups attached to an aromatic ring is 1. The van der Waals surface area contributed by atoms with Gasteiger partial charge in [-0.05, 0) is 18.1 Å². The minimum Gasteiger partial charge on any atom is -0.482 e. The van der Waals surface area contributed by atoms with E-state index in [1.165, 1.54) is 0 Å². The number of anilines is 1. The van der Waals surface area contributed by atoms with Crippen LogP contribution in [0.15, 0.2) is 18.2 Å². The van der Waals surface area contributed by atoms with E-state index in [-0.39, 0.29) is 12.5 Å². The molecule has 0 spiro atoms. The summed E-state index contributed by atoms with van der Waals surface area (Å²) in [6.07, 6.45) is 0. The van der Waals surface area contributed by atoms with Gasteiger partial charge in [0.05, 0.1) is 5.69 Å². The van der Waals surface area contributed by atoms with Gasteiger partial charge in [0, 0.05) is 17.6 Å². The van der Waals surface area contributed by atoms with Crippen molar-refractivity contribution in [3.63, 3.8) is 0 Å². The smallest absolute Gasteiger partial charge is 0.257 e. The highest BCUT2D eigenvalue weighted by Crippen LogP contribution is 2.25. The molecule has 1 amide bonds. The molecule has 3 N–H and O–H groups in total. The van der Waals surface area contributed by atoms with Crippen molar-refractivity contribution >= 4 is 23.2 Å². The number of rotatable bonds is 5. The highest BCUT2D eigenvalue weighted by molar-refractivity contribution is 6.30. The van der Waals surface area contributed by atoms with E-state index in [9.17, 15) is 4.79 Å². The quantitative estimate of drug-likeness (QED) is 0.793. The third-order valence-electron chi connectivity index (χ3n) is 2.04. The van der Waals surface area contributed by atoms with Crippen LogP contribution in [-0.4, -0.2) is 19.1 Å². The first-order valence-electron chi connectivity index (χ1n) is 5.43. The second kappa shape index (κ2) is 6.35. The summed E-state index contributed by atoms with van der Waals surface area (Å²) in [6.45, 7) is 4.62. The summed E-state index contributed by atoms with van der Waals surface area (Å²) in [5.41, 5.74) is 6.15. The molecule has 17 heavy (non-hydrogen) atoms. The standard InChI is InChI=1S/C12H17ClN2O2/c1-8(2)6-15-12(16)7-17-11-5-9(13)3-4-10(11)14/h3-5,8H,6-7,14H2,1-2H3,(H,15,16). The Hall–Kier alpha value is -1.42. The van der Waals surface area contributed by atoms with E-state index in [2.05, 4.69) is 5.32 Å². The summed E-state index contributed by atoms with van der Waals surface area (Å²) in [4.78, 5) is 11.4. The first-order valence-corrected chi connectivity index (χ1v) is 5.81. The molecule has 5 heteroatoms. The Bertz CT molecular complexity index is 394. The molecule has 1 rings (SSSR count). The maximum absolute atomic E-state index is 11.4. The van der Waals surface area contributed by atoms with Crippen LogP contribution in [0, 0.1) is 5.92 Å². The second-order valence-corrected chi connectivity index (χ2v) is 4.61. The highest BCUT2D eigenvalue weighted by atomic mass is 35.5. The molecule has 4 nitrogen and oxygen atoms in total. The lowest BCUT2D eigenvalue weighted by Gasteiger charge is -2.10. The van der Waals surface area contributed by atoms with Crippen LogP contribution >= 0.6 is 11.6 Å². The second-order valence-electron chi connectivity index (χ2n) is 4.17. The number of nitrogens with one attached hydrogen (secondary N) is 1. The van der Waals surface area contributed by atoms with Crippen molar-refractivity contribution in [2.75, 3.05) is 18.9 Å². The fraction of sp³-hybridized carbons (Fsp3) is 0.417. The SMILES string of the molecule is CC(C)CNC(=O)COc1cc(Cl)ccc1N. The summed E-state index contributed by atoms with van der Waals surface area (Å²) >= 11 is 5.80. The van der Waals surface area contributed by atoms with Crippen LogP contribution < -0.4 is 15.8 Å². The van der Waals surface area contributed by atoms with Gasteiger partial charge in [0.1, 0.15) is 5.75 Å². The predicted molar refractivity (Wildman–Crippen MR) is 69.2 cm³/mol. The topological polar surface area (TPSA) is 64.3 Å². The molecule has 0 bridgehead atoms. The summed E-state index contributed by atoms with van der Waals surface area (Å²) in [6, 6.07) is 4.90. The molecule has 0 radical (unpaired) electrons. The number of hydrogen-bond acceptors (Lipinski definition) is 3. The largest absolute Gasteiger partial charge is 0.482 e. The fourth-order valence-electron chi connectivity index (χ4n) is 1.15. The normalized spacial score (nSPS) is 10.4. The zero-order valence-corrected chi connectivity index (χ0v) is 10.8. The minimum atomic E-state index is -0.168. The van der Waals surface area contributed by atoms with Gasteiger partial charge in [0.15, 0.2) is 6.61 Å². The van der Waals surface area contributed by atoms with Crippen molar-refractivity contribution in [2.24, 2.45) is 5.92 Å². The molecule has 0 aliphatic rings. The lowest BCUT2D eigenvalue weighted by atomic mass is 10.2. The van der Waals surface area contributed by atoms with Gasteiger partial charge < -0.3 is 15.8 Å². The van der Waals surface area contributed by atoms with Crippen molar-refractivity contribution in [1.82, 2.24) is 5.32 Å². The van der Waals surface area contributed by atoms with Crippen molar-refractivity contribution in [3.8, 4) is 5.75 Å². The number of benzene rings is 1. The molecule has 1 aromatic rings. The molecule has 0 fully saturated rings. The maximum atomic E-state index is 11.4. The Morgan fingerprint density at radius 1 is 1.53 bits per heavy atom. The monoisotopic (exact) mass is 256 g/mol. The Morgan fingerprint density at radius 3 is 2.88 bits per heavy atom. The van der Waals surface area contributed by atoms with E-state index < -0.39 is 0 Å². The van der Waals surface area contributed by atoms with Crippen LogP contribution in [0.5, 0.6) is 5.75 Å². The van der Waals surface area contributed by atoms with Crippen molar-refractivity contribution in [1.29, 1.82) is 0 Å². The summed E-state index contributed by atoms with van der Waals surface area (Å²) in [5.74, 6) is 0.672. The zero-order chi connectivity index (χ0) is 12.8. The molecule has 1 aromatic carbocycles. The van der Waals surface area contributed by atoms with E-state index in [1.807, 2.05) is 13.8 Å². The number of nitrogens with two attached hydrogens (primary N) is 1. The van der Waals surface area contributed by atoms with Crippen molar-refractivity contribution in [2.45, 2.75) is 13.8 Å². The summed E-state index contributed by atoms with van der Waals surface area (Å²) in [5, 5.41) is 3.27. The minimum absolute atomic E-state index is 0.0583. The van der Waals surface area contributed by atoms with E-state index >= 15 is 0 Å². The Labute approximate surface area is 106 Å². The third kappa shape index (κ3) is 4.95. The molecule has 0 heterocycles. The number of hydrogen-bond donors (Lipinski definition) is 2. The number of ether oxygens (including phenoxy) is 1. The first kappa shape index (κ1) is 13.6. The van der Waals surface area contributed by atoms with E-state index in [1.54, 1.807) is 18.2 Å². The van der Waals surface area contributed by atoms with Crippen LogP contribution in [0.4, 0.5) is 5.69 Å². The molecule has 0 unspecified atom stereocenters. The van der Waals surface area contributed by atoms with Gasteiger partial charge in [0.25, 0.3) is 5.91 Å². The average Bonchev–Trinajstić information content (AvgIpc) is 2.27. The Morgan fingerprint density at radius 2 is 2.24 bits per heavy atom. The fourth-order valence-corrected chi connectivity index (χ4v) is 1.31. The first-order chi connectivity index (χ1) is 7.99. The van der Waals surface area contributed by atoms with Crippen LogP contribution in [0.1, 0.15) is 13.8 Å². The number of halogens is 1. The molecule has 0 saturated heterocycles. The van der Waals surface area contributed by atoms with Gasteiger partial charge in [-0.1, -0.05) is 25.4 Å². The summed E-state index contributed by atoms with van der Waals surface area (Å²) in [7, 11) is 0. The Balaban J connectivity index is 2.44. The van der Waals surface area contributed by atoms with Gasteiger partial charge in [-0.3, -0.25) is 4.79 Å². The average molecular weight is 257 g/mol. The van der Waals surface area contributed by atoms with Crippen LogP contribution in [0.2, 0.25) is 5.02 Å². The van der Waals surface area contributed by atoms with E-state index in [0.29, 0.717) is 28.9 Å². The lowest BCUT2D eigenvalue weighted by Crippen LogP contribution is -2.31. The lowest BCUT2D eigenvalue weighted by molar-refractivity contribution is -0.123. The van der Waals surface area contributed by atoms with Gasteiger partial charge in [-0.25, -0.2) is 0 Å². The van der Waals surface area contributed by atoms with Crippen LogP contribution in [0.3, 0.4) is 0 Å². The zero-order valence-electron chi connectivity index (χ0n) is 10.00. The Kier molecular flexibility index (Phi) is 5.10. The van der Waals surface area contributed by atoms with E-state index in [0.717, 1.165) is 0 Å². The molecule has 94 valence electrons. The number of carbonyl (C=O) groups excluding carboxylic acids is 1. The highest BCUT2D eigenvalue weighted by Gasteiger charge is 2.06. The van der Waals surface area contributed by atoms with Gasteiger partial charge in [0.2, 0.25) is 0 Å². The molecule has 0 aliphatic heterocycles. The maximum Gasteiger partial charge on any atom is 0.257 e. The molecule has 0 aliphatic carbocycles. The molecular formula is C12H17ClN2O2. The molecular weight excluding hydrogens is 240 g/mol. The van der Waals surface area contributed by atoms with E-state index in [4.69, 9.17) is 22.1 Å². The molecule has 0 saturated carbocycles. The number of amides is 1. The third-order valence-corrected chi connectivity index (χ3v) is 2.28. The predicted octanol–water partition coefficient (Wildman–Crippen LogP) is 2.07. The van der Waals surface area contributed by atoms with Gasteiger partial charge >= 0.3 is 0 Å². The molecule has 0 aromatic heterocycles. The van der Waals surface area contributed by atoms with Gasteiger partial charge in [-0.15, -0.1) is 0 Å². The number of carbonyl (C=O) groups is 1. The van der Waals surface area contributed by atoms with Crippen LogP contribution in [0.25, 0.3) is 0 Å². The summed E-state index contributed by atoms with van der Waals surface area (Å²) < 4.78 is 5.29. The van der Waals surface area contributed by atoms with Crippen LogP contribution in [-0.2, 0) is 4.79 Å².